The van der Waals surface area contributed by atoms with Crippen molar-refractivity contribution < 1.29 is 9.47 Å². The maximum Gasteiger partial charge on any atom is 0.119 e. The average Bonchev–Trinajstić information content (AvgIpc) is 2.80. The first-order valence-corrected chi connectivity index (χ1v) is 10.4. The highest BCUT2D eigenvalue weighted by molar-refractivity contribution is 5.34. The van der Waals surface area contributed by atoms with Gasteiger partial charge in [0.25, 0.3) is 0 Å². The van der Waals surface area contributed by atoms with Gasteiger partial charge in [-0.2, -0.15) is 0 Å². The molecule has 4 rings (SSSR count). The van der Waals surface area contributed by atoms with Crippen molar-refractivity contribution in [1.29, 1.82) is 0 Å². The molecule has 1 N–H and O–H groups in total. The number of ether oxygens (including phenoxy) is 2. The van der Waals surface area contributed by atoms with Gasteiger partial charge in [-0.15, -0.1) is 0 Å². The quantitative estimate of drug-likeness (QED) is 0.607. The molecule has 3 nitrogen and oxygen atoms in total. The molecule has 1 fully saturated rings. The fourth-order valence-corrected chi connectivity index (χ4v) is 4.18. The second-order valence-electron chi connectivity index (χ2n) is 7.68. The van der Waals surface area contributed by atoms with Crippen LogP contribution in [0, 0.1) is 0 Å². The van der Waals surface area contributed by atoms with Crippen LogP contribution in [-0.2, 0) is 11.3 Å². The Morgan fingerprint density at radius 3 is 2.17 bits per heavy atom. The third-order valence-corrected chi connectivity index (χ3v) is 5.73. The molecule has 0 aliphatic carbocycles. The predicted molar refractivity (Wildman–Crippen MR) is 117 cm³/mol. The second-order valence-corrected chi connectivity index (χ2v) is 7.68. The lowest BCUT2D eigenvalue weighted by Crippen LogP contribution is -2.41. The van der Waals surface area contributed by atoms with Crippen molar-refractivity contribution in [2.75, 3.05) is 13.7 Å². The Morgan fingerprint density at radius 1 is 0.897 bits per heavy atom. The minimum absolute atomic E-state index is 0.203. The van der Waals surface area contributed by atoms with Gasteiger partial charge in [-0.25, -0.2) is 0 Å². The van der Waals surface area contributed by atoms with E-state index in [-0.39, 0.29) is 12.0 Å². The van der Waals surface area contributed by atoms with E-state index in [0.717, 1.165) is 31.7 Å². The third-order valence-electron chi connectivity index (χ3n) is 5.73. The van der Waals surface area contributed by atoms with Gasteiger partial charge in [-0.1, -0.05) is 72.8 Å². The molecule has 29 heavy (non-hydrogen) atoms. The maximum absolute atomic E-state index is 6.41. The Morgan fingerprint density at radius 2 is 1.59 bits per heavy atom. The highest BCUT2D eigenvalue weighted by Crippen LogP contribution is 2.34. The molecule has 1 aliphatic rings. The number of rotatable bonds is 7. The van der Waals surface area contributed by atoms with Crippen molar-refractivity contribution in [1.82, 2.24) is 5.32 Å². The van der Waals surface area contributed by atoms with Gasteiger partial charge in [0, 0.05) is 18.5 Å². The third kappa shape index (κ3) is 5.06. The average molecular weight is 388 g/mol. The molecule has 0 bridgehead atoms. The molecular weight excluding hydrogens is 358 g/mol. The van der Waals surface area contributed by atoms with Gasteiger partial charge < -0.3 is 14.8 Å². The maximum atomic E-state index is 6.41. The van der Waals surface area contributed by atoms with Crippen LogP contribution in [0.4, 0.5) is 0 Å². The van der Waals surface area contributed by atoms with Gasteiger partial charge in [0.15, 0.2) is 0 Å². The number of methoxy groups -OCH3 is 1. The molecule has 1 heterocycles. The predicted octanol–water partition coefficient (Wildman–Crippen LogP) is 5.16. The summed E-state index contributed by atoms with van der Waals surface area (Å²) in [5.41, 5.74) is 3.89. The topological polar surface area (TPSA) is 30.5 Å². The molecule has 0 radical (unpaired) electrons. The Kier molecular flexibility index (Phi) is 6.60. The highest BCUT2D eigenvalue weighted by atomic mass is 16.5. The number of hydrogen-bond acceptors (Lipinski definition) is 3. The Bertz CT molecular complexity index is 834. The summed E-state index contributed by atoms with van der Waals surface area (Å²) in [5.74, 6) is 1.18. The van der Waals surface area contributed by atoms with Gasteiger partial charge in [0.05, 0.1) is 19.8 Å². The van der Waals surface area contributed by atoms with Crippen molar-refractivity contribution in [3.05, 3.63) is 102 Å². The van der Waals surface area contributed by atoms with Gasteiger partial charge in [0.2, 0.25) is 0 Å². The molecule has 0 aromatic heterocycles. The SMILES string of the molecule is COc1cccc(CN[C@H]2CC[C@@H](C(c3ccccc3)c3ccccc3)OC2)c1. The standard InChI is InChI=1S/C26H29NO2/c1-28-24-14-8-9-20(17-24)18-27-23-15-16-25(29-19-23)26(21-10-4-2-5-11-21)22-12-6-3-7-13-22/h2-14,17,23,25-27H,15-16,18-19H2,1H3/t23-,25-/m0/s1. The summed E-state index contributed by atoms with van der Waals surface area (Å²) in [5, 5.41) is 3.65. The van der Waals surface area contributed by atoms with Crippen LogP contribution >= 0.6 is 0 Å². The highest BCUT2D eigenvalue weighted by Gasteiger charge is 2.30. The molecule has 1 aliphatic heterocycles. The molecule has 0 amide bonds. The van der Waals surface area contributed by atoms with Crippen molar-refractivity contribution in [2.24, 2.45) is 0 Å². The molecule has 0 spiro atoms. The molecule has 2 atom stereocenters. The van der Waals surface area contributed by atoms with Crippen LogP contribution in [0.3, 0.4) is 0 Å². The molecule has 3 aromatic rings. The van der Waals surface area contributed by atoms with E-state index < -0.39 is 0 Å². The summed E-state index contributed by atoms with van der Waals surface area (Å²) in [7, 11) is 1.71. The number of nitrogens with one attached hydrogen (secondary N) is 1. The van der Waals surface area contributed by atoms with E-state index >= 15 is 0 Å². The Hall–Kier alpha value is -2.62. The largest absolute Gasteiger partial charge is 0.497 e. The zero-order valence-corrected chi connectivity index (χ0v) is 17.0. The van der Waals surface area contributed by atoms with Gasteiger partial charge in [0.1, 0.15) is 5.75 Å². The Labute approximate surface area is 173 Å². The van der Waals surface area contributed by atoms with E-state index in [4.69, 9.17) is 9.47 Å². The summed E-state index contributed by atoms with van der Waals surface area (Å²) < 4.78 is 11.7. The summed E-state index contributed by atoms with van der Waals surface area (Å²) >= 11 is 0. The van der Waals surface area contributed by atoms with Crippen LogP contribution in [0.5, 0.6) is 5.75 Å². The van der Waals surface area contributed by atoms with E-state index in [0.29, 0.717) is 6.04 Å². The van der Waals surface area contributed by atoms with E-state index in [9.17, 15) is 0 Å². The van der Waals surface area contributed by atoms with Crippen LogP contribution in [-0.4, -0.2) is 25.9 Å². The molecule has 3 aromatic carbocycles. The molecular formula is C26H29NO2. The van der Waals surface area contributed by atoms with Crippen LogP contribution in [0.15, 0.2) is 84.9 Å². The van der Waals surface area contributed by atoms with E-state index in [1.807, 2.05) is 12.1 Å². The van der Waals surface area contributed by atoms with Crippen molar-refractivity contribution >= 4 is 0 Å². The molecule has 150 valence electrons. The summed E-state index contributed by atoms with van der Waals surface area (Å²) in [4.78, 5) is 0. The van der Waals surface area contributed by atoms with E-state index in [2.05, 4.69) is 78.1 Å². The minimum Gasteiger partial charge on any atom is -0.497 e. The van der Waals surface area contributed by atoms with Crippen LogP contribution < -0.4 is 10.1 Å². The van der Waals surface area contributed by atoms with E-state index in [1.165, 1.54) is 16.7 Å². The first kappa shape index (κ1) is 19.7. The van der Waals surface area contributed by atoms with Gasteiger partial charge in [-0.3, -0.25) is 0 Å². The van der Waals surface area contributed by atoms with E-state index in [1.54, 1.807) is 7.11 Å². The smallest absolute Gasteiger partial charge is 0.119 e. The molecule has 1 saturated heterocycles. The first-order chi connectivity index (χ1) is 14.3. The minimum atomic E-state index is 0.203. The van der Waals surface area contributed by atoms with Crippen molar-refractivity contribution in [2.45, 2.75) is 37.5 Å². The zero-order valence-electron chi connectivity index (χ0n) is 17.0. The van der Waals surface area contributed by atoms with Gasteiger partial charge in [-0.05, 0) is 41.7 Å². The van der Waals surface area contributed by atoms with Crippen LogP contribution in [0.25, 0.3) is 0 Å². The van der Waals surface area contributed by atoms with Crippen molar-refractivity contribution in [3.63, 3.8) is 0 Å². The number of hydrogen-bond donors (Lipinski definition) is 1. The zero-order chi connectivity index (χ0) is 19.9. The second kappa shape index (κ2) is 9.73. The fourth-order valence-electron chi connectivity index (χ4n) is 4.18. The van der Waals surface area contributed by atoms with Crippen molar-refractivity contribution in [3.8, 4) is 5.75 Å². The first-order valence-electron chi connectivity index (χ1n) is 10.4. The molecule has 3 heteroatoms. The number of benzene rings is 3. The van der Waals surface area contributed by atoms with Crippen LogP contribution in [0.2, 0.25) is 0 Å². The summed E-state index contributed by atoms with van der Waals surface area (Å²) in [6.45, 7) is 1.57. The normalized spacial score (nSPS) is 19.2. The lowest BCUT2D eigenvalue weighted by Gasteiger charge is -2.35. The molecule has 0 saturated carbocycles. The fraction of sp³-hybridized carbons (Fsp3) is 0.308. The Balaban J connectivity index is 1.39. The summed E-state index contributed by atoms with van der Waals surface area (Å²) in [6, 6.07) is 30.1. The summed E-state index contributed by atoms with van der Waals surface area (Å²) in [6.07, 6.45) is 2.37. The lowest BCUT2D eigenvalue weighted by atomic mass is 9.83. The lowest BCUT2D eigenvalue weighted by molar-refractivity contribution is -0.0116. The molecule has 0 unspecified atom stereocenters. The van der Waals surface area contributed by atoms with Crippen LogP contribution in [0.1, 0.15) is 35.4 Å². The monoisotopic (exact) mass is 387 g/mol. The van der Waals surface area contributed by atoms with Gasteiger partial charge >= 0.3 is 0 Å².